The van der Waals surface area contributed by atoms with E-state index in [1.807, 2.05) is 0 Å². The first-order valence-electron chi connectivity index (χ1n) is 6.13. The minimum atomic E-state index is 0.484. The van der Waals surface area contributed by atoms with Gasteiger partial charge in [-0.1, -0.05) is 12.1 Å². The van der Waals surface area contributed by atoms with Crippen LogP contribution in [0.25, 0.3) is 0 Å². The Kier molecular flexibility index (Phi) is 3.20. The summed E-state index contributed by atoms with van der Waals surface area (Å²) in [5, 5.41) is 0. The average Bonchev–Trinajstić information content (AvgIpc) is 3.07. The van der Waals surface area contributed by atoms with Gasteiger partial charge in [0.15, 0.2) is 0 Å². The zero-order valence-electron chi connectivity index (χ0n) is 10.4. The van der Waals surface area contributed by atoms with Crippen molar-refractivity contribution in [2.45, 2.75) is 26.2 Å². The molecule has 1 aliphatic carbocycles. The van der Waals surface area contributed by atoms with Gasteiger partial charge >= 0.3 is 0 Å². The van der Waals surface area contributed by atoms with Gasteiger partial charge in [0, 0.05) is 19.3 Å². The summed E-state index contributed by atoms with van der Waals surface area (Å²) in [4.78, 5) is 2.34. The second-order valence-corrected chi connectivity index (χ2v) is 5.21. The van der Waals surface area contributed by atoms with Crippen LogP contribution in [0.15, 0.2) is 24.3 Å². The molecule has 2 nitrogen and oxygen atoms in total. The lowest BCUT2D eigenvalue weighted by molar-refractivity contribution is 0.481. The highest BCUT2D eigenvalue weighted by Gasteiger charge is 2.40. The van der Waals surface area contributed by atoms with Gasteiger partial charge in [0.1, 0.15) is 0 Å². The highest BCUT2D eigenvalue weighted by atomic mass is 15.1. The summed E-state index contributed by atoms with van der Waals surface area (Å²) in [5.74, 6) is 0. The van der Waals surface area contributed by atoms with Gasteiger partial charge in [0.05, 0.1) is 0 Å². The van der Waals surface area contributed by atoms with E-state index in [0.717, 1.165) is 13.1 Å². The minimum absolute atomic E-state index is 0.484. The van der Waals surface area contributed by atoms with Gasteiger partial charge in [-0.2, -0.15) is 0 Å². The first-order chi connectivity index (χ1) is 7.65. The smallest absolute Gasteiger partial charge is 0.0366 e. The zero-order valence-corrected chi connectivity index (χ0v) is 10.4. The summed E-state index contributed by atoms with van der Waals surface area (Å²) < 4.78 is 0. The largest absolute Gasteiger partial charge is 0.375 e. The topological polar surface area (TPSA) is 29.3 Å². The summed E-state index contributed by atoms with van der Waals surface area (Å²) in [6.07, 6.45) is 3.88. The summed E-state index contributed by atoms with van der Waals surface area (Å²) in [6, 6.07) is 8.67. The molecular weight excluding hydrogens is 196 g/mol. The third-order valence-electron chi connectivity index (χ3n) is 3.81. The maximum atomic E-state index is 5.80. The molecule has 2 N–H and O–H groups in total. The molecule has 16 heavy (non-hydrogen) atoms. The number of rotatable bonds is 5. The third kappa shape index (κ3) is 2.56. The van der Waals surface area contributed by atoms with E-state index >= 15 is 0 Å². The zero-order chi connectivity index (χ0) is 11.6. The molecule has 1 aliphatic rings. The molecule has 1 aromatic rings. The molecule has 0 bridgehead atoms. The first-order valence-corrected chi connectivity index (χ1v) is 6.13. The van der Waals surface area contributed by atoms with Gasteiger partial charge in [-0.3, -0.25) is 0 Å². The molecule has 0 atom stereocenters. The first kappa shape index (κ1) is 11.5. The normalized spacial score (nSPS) is 17.2. The summed E-state index contributed by atoms with van der Waals surface area (Å²) in [7, 11) is 2.17. The lowest BCUT2D eigenvalue weighted by atomic mass is 10.0. The molecule has 0 amide bonds. The summed E-state index contributed by atoms with van der Waals surface area (Å²) in [5.41, 5.74) is 8.92. The highest BCUT2D eigenvalue weighted by Crippen LogP contribution is 2.47. The van der Waals surface area contributed by atoms with E-state index in [4.69, 9.17) is 5.73 Å². The van der Waals surface area contributed by atoms with E-state index in [0.29, 0.717) is 5.41 Å². The van der Waals surface area contributed by atoms with Crippen LogP contribution < -0.4 is 10.6 Å². The van der Waals surface area contributed by atoms with Crippen molar-refractivity contribution in [3.05, 3.63) is 29.8 Å². The molecule has 0 unspecified atom stereocenters. The number of nitrogens with zero attached hydrogens (tertiary/aromatic N) is 1. The van der Waals surface area contributed by atoms with Gasteiger partial charge in [-0.15, -0.1) is 0 Å². The van der Waals surface area contributed by atoms with Crippen molar-refractivity contribution in [1.29, 1.82) is 0 Å². The Morgan fingerprint density at radius 2 is 2.12 bits per heavy atom. The fourth-order valence-electron chi connectivity index (χ4n) is 2.13. The maximum Gasteiger partial charge on any atom is 0.0366 e. The molecule has 2 rings (SSSR count). The molecule has 0 saturated heterocycles. The van der Waals surface area contributed by atoms with Crippen LogP contribution in [0.3, 0.4) is 0 Å². The quantitative estimate of drug-likeness (QED) is 0.823. The van der Waals surface area contributed by atoms with Gasteiger partial charge in [0.2, 0.25) is 0 Å². The SMILES string of the molecule is Cc1cccc(N(C)CCC2(CN)CC2)c1. The molecule has 1 saturated carbocycles. The van der Waals surface area contributed by atoms with Gasteiger partial charge < -0.3 is 10.6 Å². The molecule has 0 aromatic heterocycles. The molecule has 1 aromatic carbocycles. The van der Waals surface area contributed by atoms with Crippen molar-refractivity contribution in [2.75, 3.05) is 25.0 Å². The number of benzene rings is 1. The number of nitrogens with two attached hydrogens (primary N) is 1. The molecule has 0 heterocycles. The van der Waals surface area contributed by atoms with Crippen LogP contribution in [-0.2, 0) is 0 Å². The number of hydrogen-bond donors (Lipinski definition) is 1. The van der Waals surface area contributed by atoms with Gasteiger partial charge in [-0.25, -0.2) is 0 Å². The second-order valence-electron chi connectivity index (χ2n) is 5.21. The van der Waals surface area contributed by atoms with Crippen LogP contribution in [0.5, 0.6) is 0 Å². The highest BCUT2D eigenvalue weighted by molar-refractivity contribution is 5.47. The summed E-state index contributed by atoms with van der Waals surface area (Å²) in [6.45, 7) is 4.11. The molecule has 1 fully saturated rings. The number of anilines is 1. The Hall–Kier alpha value is -1.02. The number of aryl methyl sites for hydroxylation is 1. The molecule has 88 valence electrons. The van der Waals surface area contributed by atoms with Crippen LogP contribution in [0.2, 0.25) is 0 Å². The Bertz CT molecular complexity index is 356. The second kappa shape index (κ2) is 4.46. The van der Waals surface area contributed by atoms with E-state index in [2.05, 4.69) is 43.1 Å². The predicted molar refractivity (Wildman–Crippen MR) is 69.8 cm³/mol. The third-order valence-corrected chi connectivity index (χ3v) is 3.81. The van der Waals surface area contributed by atoms with Crippen molar-refractivity contribution in [3.63, 3.8) is 0 Å². The Balaban J connectivity index is 1.90. The average molecular weight is 218 g/mol. The van der Waals surface area contributed by atoms with Crippen molar-refractivity contribution in [3.8, 4) is 0 Å². The van der Waals surface area contributed by atoms with Crippen LogP contribution in [0.4, 0.5) is 5.69 Å². The van der Waals surface area contributed by atoms with Crippen LogP contribution in [-0.4, -0.2) is 20.1 Å². The monoisotopic (exact) mass is 218 g/mol. The predicted octanol–water partition coefficient (Wildman–Crippen LogP) is 2.56. The lowest BCUT2D eigenvalue weighted by Crippen LogP contribution is -2.25. The van der Waals surface area contributed by atoms with Gasteiger partial charge in [0.25, 0.3) is 0 Å². The van der Waals surface area contributed by atoms with Gasteiger partial charge in [-0.05, 0) is 55.8 Å². The molecule has 0 radical (unpaired) electrons. The van der Waals surface area contributed by atoms with E-state index in [9.17, 15) is 0 Å². The fraction of sp³-hybridized carbons (Fsp3) is 0.571. The van der Waals surface area contributed by atoms with Crippen LogP contribution in [0, 0.1) is 12.3 Å². The molecule has 0 aliphatic heterocycles. The minimum Gasteiger partial charge on any atom is -0.375 e. The standard InChI is InChI=1S/C14H22N2/c1-12-4-3-5-13(10-12)16(2)9-8-14(11-15)6-7-14/h3-5,10H,6-9,11,15H2,1-2H3. The van der Waals surface area contributed by atoms with Crippen molar-refractivity contribution in [1.82, 2.24) is 0 Å². The Morgan fingerprint density at radius 1 is 1.38 bits per heavy atom. The molecule has 2 heteroatoms. The van der Waals surface area contributed by atoms with E-state index in [-0.39, 0.29) is 0 Å². The molecule has 0 spiro atoms. The van der Waals surface area contributed by atoms with E-state index in [1.165, 1.54) is 30.5 Å². The molecular formula is C14H22N2. The number of hydrogen-bond acceptors (Lipinski definition) is 2. The van der Waals surface area contributed by atoms with Crippen molar-refractivity contribution < 1.29 is 0 Å². The van der Waals surface area contributed by atoms with Crippen molar-refractivity contribution >= 4 is 5.69 Å². The van der Waals surface area contributed by atoms with E-state index < -0.39 is 0 Å². The van der Waals surface area contributed by atoms with Crippen LogP contribution >= 0.6 is 0 Å². The lowest BCUT2D eigenvalue weighted by Gasteiger charge is -2.22. The Labute approximate surface area is 98.4 Å². The maximum absolute atomic E-state index is 5.80. The van der Waals surface area contributed by atoms with Crippen molar-refractivity contribution in [2.24, 2.45) is 11.1 Å². The van der Waals surface area contributed by atoms with Crippen LogP contribution in [0.1, 0.15) is 24.8 Å². The fourth-order valence-corrected chi connectivity index (χ4v) is 2.13. The Morgan fingerprint density at radius 3 is 2.69 bits per heavy atom. The van der Waals surface area contributed by atoms with E-state index in [1.54, 1.807) is 0 Å². The summed E-state index contributed by atoms with van der Waals surface area (Å²) >= 11 is 0.